The predicted octanol–water partition coefficient (Wildman–Crippen LogP) is 1.32. The number of aliphatic hydroxyl groups is 1. The Balaban J connectivity index is 1.68. The number of aromatic amines is 1. The summed E-state index contributed by atoms with van der Waals surface area (Å²) < 4.78 is 5.73. The number of nitrogens with zero attached hydrogens (tertiary/aromatic N) is 1. The van der Waals surface area contributed by atoms with Gasteiger partial charge in [0, 0.05) is 25.2 Å². The van der Waals surface area contributed by atoms with Crippen LogP contribution in [0.4, 0.5) is 0 Å². The van der Waals surface area contributed by atoms with Crippen molar-refractivity contribution in [2.45, 2.75) is 25.0 Å². The lowest BCUT2D eigenvalue weighted by atomic mass is 10.0. The zero-order chi connectivity index (χ0) is 11.7. The molecule has 1 aliphatic rings. The zero-order valence-corrected chi connectivity index (χ0v) is 9.34. The van der Waals surface area contributed by atoms with Gasteiger partial charge in [-0.1, -0.05) is 18.2 Å². The van der Waals surface area contributed by atoms with Crippen molar-refractivity contribution >= 4 is 0 Å². The molecule has 1 aromatic carbocycles. The second-order valence-corrected chi connectivity index (χ2v) is 4.28. The van der Waals surface area contributed by atoms with Crippen LogP contribution in [0.3, 0.4) is 0 Å². The summed E-state index contributed by atoms with van der Waals surface area (Å²) in [5.41, 5.74) is 1.16. The maximum absolute atomic E-state index is 10.1. The second-order valence-electron chi connectivity index (χ2n) is 4.28. The van der Waals surface area contributed by atoms with Crippen LogP contribution in [-0.4, -0.2) is 27.3 Å². The van der Waals surface area contributed by atoms with Crippen LogP contribution in [0.25, 0.3) is 0 Å². The molecule has 88 valence electrons. The van der Waals surface area contributed by atoms with E-state index in [-0.39, 0.29) is 6.10 Å². The van der Waals surface area contributed by atoms with Gasteiger partial charge in [0.25, 0.3) is 0 Å². The Morgan fingerprint density at radius 3 is 3.12 bits per heavy atom. The summed E-state index contributed by atoms with van der Waals surface area (Å²) in [7, 11) is 0. The van der Waals surface area contributed by atoms with Crippen molar-refractivity contribution in [3.05, 3.63) is 48.0 Å². The monoisotopic (exact) mass is 230 g/mol. The fraction of sp³-hybridized carbons (Fsp3) is 0.308. The Hall–Kier alpha value is -1.81. The van der Waals surface area contributed by atoms with Crippen LogP contribution in [0.5, 0.6) is 5.75 Å². The van der Waals surface area contributed by atoms with Crippen molar-refractivity contribution in [3.63, 3.8) is 0 Å². The number of hydrogen-bond acceptors (Lipinski definition) is 3. The molecule has 0 amide bonds. The first-order chi connectivity index (χ1) is 8.33. The molecule has 0 fully saturated rings. The molecule has 0 bridgehead atoms. The summed E-state index contributed by atoms with van der Waals surface area (Å²) in [5, 5.41) is 10.1. The summed E-state index contributed by atoms with van der Waals surface area (Å²) in [5.74, 6) is 1.67. The van der Waals surface area contributed by atoms with E-state index in [1.54, 1.807) is 12.4 Å². The highest BCUT2D eigenvalue weighted by Gasteiger charge is 2.29. The fourth-order valence-electron chi connectivity index (χ4n) is 2.16. The van der Waals surface area contributed by atoms with Crippen LogP contribution in [0, 0.1) is 0 Å². The molecule has 2 unspecified atom stereocenters. The molecule has 0 radical (unpaired) electrons. The number of H-pyrrole nitrogens is 1. The molecule has 1 aromatic heterocycles. The van der Waals surface area contributed by atoms with Gasteiger partial charge in [-0.05, 0) is 11.6 Å². The summed E-state index contributed by atoms with van der Waals surface area (Å²) >= 11 is 0. The first-order valence-electron chi connectivity index (χ1n) is 5.74. The van der Waals surface area contributed by atoms with Crippen molar-refractivity contribution in [3.8, 4) is 5.75 Å². The Morgan fingerprint density at radius 1 is 1.47 bits per heavy atom. The van der Waals surface area contributed by atoms with Crippen molar-refractivity contribution in [1.82, 2.24) is 9.97 Å². The molecule has 2 aromatic rings. The molecule has 0 saturated heterocycles. The van der Waals surface area contributed by atoms with Crippen LogP contribution < -0.4 is 4.74 Å². The highest BCUT2D eigenvalue weighted by atomic mass is 16.5. The summed E-state index contributed by atoms with van der Waals surface area (Å²) in [6.45, 7) is 0. The van der Waals surface area contributed by atoms with Gasteiger partial charge < -0.3 is 14.8 Å². The molecular formula is C13H14N2O2. The van der Waals surface area contributed by atoms with E-state index in [0.717, 1.165) is 23.6 Å². The molecule has 2 heterocycles. The molecule has 4 heteroatoms. The van der Waals surface area contributed by atoms with Gasteiger partial charge in [0.2, 0.25) is 0 Å². The maximum atomic E-state index is 10.1. The molecule has 0 spiro atoms. The van der Waals surface area contributed by atoms with E-state index in [9.17, 15) is 5.11 Å². The number of para-hydroxylation sites is 1. The molecule has 17 heavy (non-hydrogen) atoms. The number of hydrogen-bond donors (Lipinski definition) is 2. The van der Waals surface area contributed by atoms with Gasteiger partial charge in [0.1, 0.15) is 17.7 Å². The number of ether oxygens (including phenoxy) is 1. The molecule has 2 N–H and O–H groups in total. The third kappa shape index (κ3) is 2.03. The first kappa shape index (κ1) is 10.4. The third-order valence-electron chi connectivity index (χ3n) is 3.06. The smallest absolute Gasteiger partial charge is 0.129 e. The number of rotatable bonds is 3. The van der Waals surface area contributed by atoms with E-state index in [2.05, 4.69) is 9.97 Å². The quantitative estimate of drug-likeness (QED) is 0.836. The average Bonchev–Trinajstić information content (AvgIpc) is 2.96. The normalized spacial score (nSPS) is 19.7. The van der Waals surface area contributed by atoms with Crippen LogP contribution in [-0.2, 0) is 12.8 Å². The van der Waals surface area contributed by atoms with Gasteiger partial charge in [-0.25, -0.2) is 4.98 Å². The highest BCUT2D eigenvalue weighted by Crippen LogP contribution is 2.29. The number of benzene rings is 1. The highest BCUT2D eigenvalue weighted by molar-refractivity contribution is 5.37. The van der Waals surface area contributed by atoms with Gasteiger partial charge in [0.15, 0.2) is 0 Å². The van der Waals surface area contributed by atoms with Crippen LogP contribution in [0.2, 0.25) is 0 Å². The van der Waals surface area contributed by atoms with Gasteiger partial charge in [0.05, 0.1) is 6.10 Å². The van der Waals surface area contributed by atoms with Crippen molar-refractivity contribution in [2.75, 3.05) is 0 Å². The lowest BCUT2D eigenvalue weighted by Crippen LogP contribution is -2.32. The third-order valence-corrected chi connectivity index (χ3v) is 3.06. The summed E-state index contributed by atoms with van der Waals surface area (Å²) in [6.07, 6.45) is 3.99. The van der Waals surface area contributed by atoms with Gasteiger partial charge in [-0.2, -0.15) is 0 Å². The molecule has 0 saturated carbocycles. The van der Waals surface area contributed by atoms with Gasteiger partial charge >= 0.3 is 0 Å². The van der Waals surface area contributed by atoms with E-state index in [1.165, 1.54) is 0 Å². The minimum atomic E-state index is -0.534. The summed E-state index contributed by atoms with van der Waals surface area (Å²) in [4.78, 5) is 7.09. The molecule has 4 nitrogen and oxygen atoms in total. The number of imidazole rings is 1. The van der Waals surface area contributed by atoms with Crippen molar-refractivity contribution in [2.24, 2.45) is 0 Å². The first-order valence-corrected chi connectivity index (χ1v) is 5.74. The fourth-order valence-corrected chi connectivity index (χ4v) is 2.16. The number of aromatic nitrogens is 2. The molecular weight excluding hydrogens is 216 g/mol. The number of aliphatic hydroxyl groups excluding tert-OH is 1. The average molecular weight is 230 g/mol. The SMILES string of the molecule is OC(Cc1ncc[nH]1)C1Cc2ccccc2O1. The largest absolute Gasteiger partial charge is 0.487 e. The van der Waals surface area contributed by atoms with E-state index < -0.39 is 6.10 Å². The standard InChI is InChI=1S/C13H14N2O2/c16-10(8-13-14-5-6-15-13)12-7-9-3-1-2-4-11(9)17-12/h1-6,10,12,16H,7-8H2,(H,14,15). The molecule has 0 aliphatic carbocycles. The van der Waals surface area contributed by atoms with E-state index in [0.29, 0.717) is 6.42 Å². The van der Waals surface area contributed by atoms with Gasteiger partial charge in [-0.15, -0.1) is 0 Å². The van der Waals surface area contributed by atoms with Crippen LogP contribution in [0.15, 0.2) is 36.7 Å². The second kappa shape index (κ2) is 4.22. The molecule has 1 aliphatic heterocycles. The minimum absolute atomic E-state index is 0.169. The van der Waals surface area contributed by atoms with E-state index >= 15 is 0 Å². The molecule has 3 rings (SSSR count). The lowest BCUT2D eigenvalue weighted by Gasteiger charge is -2.16. The van der Waals surface area contributed by atoms with Crippen molar-refractivity contribution in [1.29, 1.82) is 0 Å². The predicted molar refractivity (Wildman–Crippen MR) is 62.9 cm³/mol. The van der Waals surface area contributed by atoms with Gasteiger partial charge in [-0.3, -0.25) is 0 Å². The van der Waals surface area contributed by atoms with Crippen molar-refractivity contribution < 1.29 is 9.84 Å². The van der Waals surface area contributed by atoms with E-state index in [4.69, 9.17) is 4.74 Å². The van der Waals surface area contributed by atoms with Crippen LogP contribution in [0.1, 0.15) is 11.4 Å². The van der Waals surface area contributed by atoms with E-state index in [1.807, 2.05) is 24.3 Å². The minimum Gasteiger partial charge on any atom is -0.487 e. The maximum Gasteiger partial charge on any atom is 0.129 e. The number of fused-ring (bicyclic) bond motifs is 1. The Labute approximate surface area is 99.3 Å². The Morgan fingerprint density at radius 2 is 2.35 bits per heavy atom. The summed E-state index contributed by atoms with van der Waals surface area (Å²) in [6, 6.07) is 7.91. The molecule has 2 atom stereocenters. The Kier molecular flexibility index (Phi) is 2.57. The van der Waals surface area contributed by atoms with Crippen LogP contribution >= 0.6 is 0 Å². The lowest BCUT2D eigenvalue weighted by molar-refractivity contribution is 0.0490. The zero-order valence-electron chi connectivity index (χ0n) is 9.34. The Bertz CT molecular complexity index is 471. The topological polar surface area (TPSA) is 58.1 Å². The number of nitrogens with one attached hydrogen (secondary N) is 1.